The van der Waals surface area contributed by atoms with E-state index in [-0.39, 0.29) is 11.7 Å². The Labute approximate surface area is 98.9 Å². The first-order valence-corrected chi connectivity index (χ1v) is 5.80. The Morgan fingerprint density at radius 3 is 2.75 bits per heavy atom. The van der Waals surface area contributed by atoms with Crippen LogP contribution in [-0.2, 0) is 4.79 Å². The zero-order chi connectivity index (χ0) is 12.0. The van der Waals surface area contributed by atoms with Gasteiger partial charge in [-0.25, -0.2) is 0 Å². The van der Waals surface area contributed by atoms with E-state index >= 15 is 0 Å². The lowest BCUT2D eigenvalue weighted by molar-refractivity contribution is -0.118. The number of rotatable bonds is 3. The quantitative estimate of drug-likeness (QED) is 0.493. The maximum atomic E-state index is 11.0. The Kier molecular flexibility index (Phi) is 4.74. The number of hydrogen-bond acceptors (Lipinski definition) is 3. The van der Waals surface area contributed by atoms with E-state index in [4.69, 9.17) is 0 Å². The molecule has 1 amide bonds. The molecule has 3 nitrogen and oxygen atoms in total. The van der Waals surface area contributed by atoms with Crippen molar-refractivity contribution in [1.29, 1.82) is 0 Å². The summed E-state index contributed by atoms with van der Waals surface area (Å²) in [7, 11) is 0. The molecule has 0 radical (unpaired) electrons. The van der Waals surface area contributed by atoms with Crippen molar-refractivity contribution < 1.29 is 9.59 Å². The smallest absolute Gasteiger partial charge is 0.216 e. The molecule has 4 heteroatoms. The van der Waals surface area contributed by atoms with Crippen LogP contribution in [0.5, 0.6) is 0 Å². The summed E-state index contributed by atoms with van der Waals surface area (Å²) >= 11 is 1.40. The fourth-order valence-electron chi connectivity index (χ4n) is 1.05. The summed E-state index contributed by atoms with van der Waals surface area (Å²) < 4.78 is 0. The molecule has 0 aliphatic carbocycles. The molecule has 1 N–H and O–H groups in total. The zero-order valence-electron chi connectivity index (χ0n) is 9.29. The first-order chi connectivity index (χ1) is 7.59. The highest BCUT2D eigenvalue weighted by Crippen LogP contribution is 2.13. The highest BCUT2D eigenvalue weighted by atomic mass is 32.1. The Hall–Kier alpha value is -1.60. The molecule has 1 aromatic heterocycles. The summed E-state index contributed by atoms with van der Waals surface area (Å²) in [5, 5.41) is 4.53. The van der Waals surface area contributed by atoms with Crippen molar-refractivity contribution in [2.24, 2.45) is 0 Å². The molecule has 0 saturated carbocycles. The molecule has 0 unspecified atom stereocenters. The van der Waals surface area contributed by atoms with E-state index in [1.807, 2.05) is 5.38 Å². The molecule has 0 atom stereocenters. The van der Waals surface area contributed by atoms with Crippen LogP contribution in [0, 0.1) is 11.8 Å². The van der Waals surface area contributed by atoms with E-state index in [1.54, 1.807) is 13.0 Å². The Morgan fingerprint density at radius 1 is 1.44 bits per heavy atom. The molecule has 84 valence electrons. The molecular formula is C12H13NO2S. The summed E-state index contributed by atoms with van der Waals surface area (Å²) in [5.74, 6) is 5.91. The number of nitrogens with one attached hydrogen (secondary N) is 1. The van der Waals surface area contributed by atoms with Crippen molar-refractivity contribution in [3.63, 3.8) is 0 Å². The molecular weight excluding hydrogens is 222 g/mol. The summed E-state index contributed by atoms with van der Waals surface area (Å²) in [6.07, 6.45) is 0.616. The highest BCUT2D eigenvalue weighted by Gasteiger charge is 2.01. The van der Waals surface area contributed by atoms with Gasteiger partial charge in [0.15, 0.2) is 5.78 Å². The van der Waals surface area contributed by atoms with Gasteiger partial charge in [0.2, 0.25) is 5.91 Å². The van der Waals surface area contributed by atoms with Crippen molar-refractivity contribution in [2.45, 2.75) is 20.3 Å². The van der Waals surface area contributed by atoms with Crippen LogP contribution in [0.15, 0.2) is 11.4 Å². The molecule has 1 heterocycles. The first-order valence-electron chi connectivity index (χ1n) is 4.92. The second kappa shape index (κ2) is 6.09. The standard InChI is InChI=1S/C12H13NO2S/c1-9(14)12-7-11(8-16-12)5-3-4-6-13-10(2)15/h7-8H,4,6H2,1-2H3,(H,13,15). The van der Waals surface area contributed by atoms with E-state index in [0.717, 1.165) is 10.4 Å². The fraction of sp³-hybridized carbons (Fsp3) is 0.333. The van der Waals surface area contributed by atoms with Crippen molar-refractivity contribution in [2.75, 3.05) is 6.54 Å². The van der Waals surface area contributed by atoms with Gasteiger partial charge in [0, 0.05) is 30.8 Å². The van der Waals surface area contributed by atoms with Crippen LogP contribution in [-0.4, -0.2) is 18.2 Å². The fourth-order valence-corrected chi connectivity index (χ4v) is 1.79. The number of hydrogen-bond donors (Lipinski definition) is 1. The molecule has 0 bridgehead atoms. The molecule has 0 fully saturated rings. The maximum Gasteiger partial charge on any atom is 0.216 e. The predicted molar refractivity (Wildman–Crippen MR) is 64.5 cm³/mol. The monoisotopic (exact) mass is 235 g/mol. The van der Waals surface area contributed by atoms with Gasteiger partial charge < -0.3 is 5.32 Å². The average Bonchev–Trinajstić information content (AvgIpc) is 2.65. The number of ketones is 1. The van der Waals surface area contributed by atoms with Gasteiger partial charge in [-0.15, -0.1) is 11.3 Å². The Balaban J connectivity index is 2.44. The van der Waals surface area contributed by atoms with Crippen LogP contribution in [0.4, 0.5) is 0 Å². The van der Waals surface area contributed by atoms with E-state index in [9.17, 15) is 9.59 Å². The number of carbonyl (C=O) groups excluding carboxylic acids is 2. The van der Waals surface area contributed by atoms with Crippen LogP contribution >= 0.6 is 11.3 Å². The molecule has 1 rings (SSSR count). The lowest BCUT2D eigenvalue weighted by atomic mass is 10.2. The van der Waals surface area contributed by atoms with Crippen LogP contribution in [0.25, 0.3) is 0 Å². The van der Waals surface area contributed by atoms with Gasteiger partial charge in [0.1, 0.15) is 0 Å². The van der Waals surface area contributed by atoms with Crippen LogP contribution in [0.1, 0.15) is 35.5 Å². The van der Waals surface area contributed by atoms with Crippen LogP contribution in [0.3, 0.4) is 0 Å². The highest BCUT2D eigenvalue weighted by molar-refractivity contribution is 7.12. The maximum absolute atomic E-state index is 11.0. The van der Waals surface area contributed by atoms with Crippen molar-refractivity contribution in [1.82, 2.24) is 5.32 Å². The normalized spacial score (nSPS) is 9.12. The third-order valence-electron chi connectivity index (χ3n) is 1.80. The van der Waals surface area contributed by atoms with Gasteiger partial charge in [0.05, 0.1) is 4.88 Å². The number of carbonyl (C=O) groups is 2. The second-order valence-corrected chi connectivity index (χ2v) is 4.20. The molecule has 16 heavy (non-hydrogen) atoms. The third-order valence-corrected chi connectivity index (χ3v) is 2.83. The van der Waals surface area contributed by atoms with Gasteiger partial charge >= 0.3 is 0 Å². The summed E-state index contributed by atoms with van der Waals surface area (Å²) in [5.41, 5.74) is 0.859. The summed E-state index contributed by atoms with van der Waals surface area (Å²) in [4.78, 5) is 22.3. The predicted octanol–water partition coefficient (Wildman–Crippen LogP) is 1.83. The molecule has 1 aromatic rings. The number of thiophene rings is 1. The average molecular weight is 235 g/mol. The van der Waals surface area contributed by atoms with Crippen LogP contribution in [0.2, 0.25) is 0 Å². The summed E-state index contributed by atoms with van der Waals surface area (Å²) in [6.45, 7) is 3.58. The molecule has 0 aliphatic heterocycles. The molecule has 0 spiro atoms. The van der Waals surface area contributed by atoms with Gasteiger partial charge in [-0.1, -0.05) is 11.8 Å². The van der Waals surface area contributed by atoms with Gasteiger partial charge in [-0.2, -0.15) is 0 Å². The first kappa shape index (κ1) is 12.5. The number of amides is 1. The van der Waals surface area contributed by atoms with Crippen molar-refractivity contribution >= 4 is 23.0 Å². The molecule has 0 aliphatic rings. The second-order valence-electron chi connectivity index (χ2n) is 3.29. The minimum absolute atomic E-state index is 0.0452. The van der Waals surface area contributed by atoms with E-state index in [0.29, 0.717) is 13.0 Å². The van der Waals surface area contributed by atoms with Gasteiger partial charge in [-0.3, -0.25) is 9.59 Å². The summed E-state index contributed by atoms with van der Waals surface area (Å²) in [6, 6.07) is 1.79. The van der Waals surface area contributed by atoms with Crippen molar-refractivity contribution in [3.8, 4) is 11.8 Å². The largest absolute Gasteiger partial charge is 0.355 e. The molecule has 0 aromatic carbocycles. The topological polar surface area (TPSA) is 46.2 Å². The minimum Gasteiger partial charge on any atom is -0.355 e. The minimum atomic E-state index is -0.0452. The molecule has 0 saturated heterocycles. The lowest BCUT2D eigenvalue weighted by Crippen LogP contribution is -2.20. The van der Waals surface area contributed by atoms with Gasteiger partial charge in [0.25, 0.3) is 0 Å². The zero-order valence-corrected chi connectivity index (χ0v) is 10.1. The third kappa shape index (κ3) is 4.28. The van der Waals surface area contributed by atoms with Crippen LogP contribution < -0.4 is 5.32 Å². The Morgan fingerprint density at radius 2 is 2.19 bits per heavy atom. The van der Waals surface area contributed by atoms with Crippen molar-refractivity contribution in [3.05, 3.63) is 21.9 Å². The number of Topliss-reactive ketones (excluding diaryl/α,β-unsaturated/α-hetero) is 1. The van der Waals surface area contributed by atoms with E-state index in [2.05, 4.69) is 17.2 Å². The van der Waals surface area contributed by atoms with Gasteiger partial charge in [-0.05, 0) is 13.0 Å². The van der Waals surface area contributed by atoms with E-state index in [1.165, 1.54) is 18.3 Å². The van der Waals surface area contributed by atoms with E-state index < -0.39 is 0 Å². The Bertz CT molecular complexity index is 451. The lowest BCUT2D eigenvalue weighted by Gasteiger charge is -1.94. The SMILES string of the molecule is CC(=O)NCCC#Cc1csc(C(C)=O)c1.